The van der Waals surface area contributed by atoms with E-state index in [1.165, 1.54) is 19.2 Å². The van der Waals surface area contributed by atoms with E-state index in [0.717, 1.165) is 5.56 Å². The summed E-state index contributed by atoms with van der Waals surface area (Å²) in [6.07, 6.45) is 0.540. The first-order valence-corrected chi connectivity index (χ1v) is 9.80. The first-order chi connectivity index (χ1) is 12.9. The van der Waals surface area contributed by atoms with Gasteiger partial charge in [-0.05, 0) is 36.2 Å². The molecule has 0 aliphatic carbocycles. The Balaban J connectivity index is 1.63. The first-order valence-electron chi connectivity index (χ1n) is 8.26. The fourth-order valence-corrected chi connectivity index (χ4v) is 3.19. The molecule has 27 heavy (non-hydrogen) atoms. The summed E-state index contributed by atoms with van der Waals surface area (Å²) in [7, 11) is -2.21. The predicted molar refractivity (Wildman–Crippen MR) is 97.8 cm³/mol. The Labute approximate surface area is 157 Å². The van der Waals surface area contributed by atoms with E-state index in [-0.39, 0.29) is 10.8 Å². The van der Waals surface area contributed by atoms with Crippen molar-refractivity contribution in [2.45, 2.75) is 11.3 Å². The molecule has 0 unspecified atom stereocenters. The first kappa shape index (κ1) is 19.0. The number of benzene rings is 2. The van der Waals surface area contributed by atoms with Gasteiger partial charge in [-0.3, -0.25) is 4.79 Å². The van der Waals surface area contributed by atoms with E-state index in [4.69, 9.17) is 19.3 Å². The van der Waals surface area contributed by atoms with Crippen LogP contribution in [-0.2, 0) is 16.4 Å². The number of primary sulfonamides is 1. The Morgan fingerprint density at radius 1 is 1.19 bits per heavy atom. The maximum Gasteiger partial charge on any atom is 0.251 e. The molecule has 2 aromatic rings. The van der Waals surface area contributed by atoms with Gasteiger partial charge in [0.2, 0.25) is 15.8 Å². The van der Waals surface area contributed by atoms with Crippen molar-refractivity contribution in [3.05, 3.63) is 47.5 Å². The third-order valence-corrected chi connectivity index (χ3v) is 4.97. The van der Waals surface area contributed by atoms with Crippen molar-refractivity contribution < 1.29 is 27.4 Å². The average Bonchev–Trinajstić information content (AvgIpc) is 2.66. The van der Waals surface area contributed by atoms with Crippen LogP contribution in [0.2, 0.25) is 0 Å². The Kier molecular flexibility index (Phi) is 5.52. The number of sulfonamides is 1. The van der Waals surface area contributed by atoms with Gasteiger partial charge >= 0.3 is 0 Å². The van der Waals surface area contributed by atoms with Gasteiger partial charge in [-0.25, -0.2) is 13.6 Å². The monoisotopic (exact) mass is 392 g/mol. The molecule has 0 fully saturated rings. The smallest absolute Gasteiger partial charge is 0.251 e. The lowest BCUT2D eigenvalue weighted by molar-refractivity contribution is 0.0952. The van der Waals surface area contributed by atoms with E-state index >= 15 is 0 Å². The molecule has 3 rings (SSSR count). The standard InChI is InChI=1S/C18H20N2O6S/c1-24-15-10-13(11-16-17(15)26-9-8-25-16)18(21)20-7-6-12-2-4-14(5-3-12)27(19,22)23/h2-5,10-11H,6-9H2,1H3,(H,20,21)(H2,19,22,23). The second-order valence-corrected chi connectivity index (χ2v) is 7.46. The van der Waals surface area contributed by atoms with Crippen LogP contribution in [0.25, 0.3) is 0 Å². The molecule has 1 amide bonds. The molecule has 2 aromatic carbocycles. The summed E-state index contributed by atoms with van der Waals surface area (Å²) < 4.78 is 38.8. The number of hydrogen-bond donors (Lipinski definition) is 2. The minimum absolute atomic E-state index is 0.0543. The van der Waals surface area contributed by atoms with Crippen LogP contribution in [0.3, 0.4) is 0 Å². The normalized spacial score (nSPS) is 13.1. The maximum atomic E-state index is 12.4. The topological polar surface area (TPSA) is 117 Å². The molecule has 0 aromatic heterocycles. The van der Waals surface area contributed by atoms with Crippen LogP contribution in [0, 0.1) is 0 Å². The highest BCUT2D eigenvalue weighted by molar-refractivity contribution is 7.89. The number of rotatable bonds is 6. The van der Waals surface area contributed by atoms with Crippen LogP contribution in [0.15, 0.2) is 41.3 Å². The number of methoxy groups -OCH3 is 1. The van der Waals surface area contributed by atoms with Gasteiger partial charge in [0, 0.05) is 12.1 Å². The Hall–Kier alpha value is -2.78. The van der Waals surface area contributed by atoms with Crippen LogP contribution < -0.4 is 24.7 Å². The molecule has 0 saturated heterocycles. The molecule has 1 aliphatic rings. The average molecular weight is 392 g/mol. The van der Waals surface area contributed by atoms with Gasteiger partial charge in [0.25, 0.3) is 5.91 Å². The van der Waals surface area contributed by atoms with Crippen molar-refractivity contribution in [2.24, 2.45) is 5.14 Å². The van der Waals surface area contributed by atoms with Crippen LogP contribution in [-0.4, -0.2) is 41.2 Å². The van der Waals surface area contributed by atoms with Crippen molar-refractivity contribution in [3.8, 4) is 17.2 Å². The van der Waals surface area contributed by atoms with Crippen LogP contribution in [0.5, 0.6) is 17.2 Å². The lowest BCUT2D eigenvalue weighted by atomic mass is 10.1. The van der Waals surface area contributed by atoms with Gasteiger partial charge in [-0.2, -0.15) is 0 Å². The molecule has 144 valence electrons. The van der Waals surface area contributed by atoms with E-state index in [9.17, 15) is 13.2 Å². The Morgan fingerprint density at radius 2 is 1.89 bits per heavy atom. The number of nitrogens with two attached hydrogens (primary N) is 1. The molecule has 1 heterocycles. The molecule has 0 radical (unpaired) electrons. The molecule has 0 bridgehead atoms. The maximum absolute atomic E-state index is 12.4. The van der Waals surface area contributed by atoms with Crippen molar-refractivity contribution in [2.75, 3.05) is 26.9 Å². The number of ether oxygens (including phenoxy) is 3. The van der Waals surface area contributed by atoms with Gasteiger partial charge in [0.05, 0.1) is 12.0 Å². The minimum Gasteiger partial charge on any atom is -0.493 e. The highest BCUT2D eigenvalue weighted by Crippen LogP contribution is 2.40. The van der Waals surface area contributed by atoms with E-state index in [0.29, 0.717) is 49.0 Å². The van der Waals surface area contributed by atoms with E-state index < -0.39 is 10.0 Å². The second-order valence-electron chi connectivity index (χ2n) is 5.90. The zero-order chi connectivity index (χ0) is 19.4. The largest absolute Gasteiger partial charge is 0.493 e. The Bertz CT molecular complexity index is 924. The van der Waals surface area contributed by atoms with Gasteiger partial charge < -0.3 is 19.5 Å². The number of hydrogen-bond acceptors (Lipinski definition) is 6. The SMILES string of the molecule is COc1cc(C(=O)NCCc2ccc(S(N)(=O)=O)cc2)cc2c1OCCO2. The summed E-state index contributed by atoms with van der Waals surface area (Å²) in [5.74, 6) is 1.14. The minimum atomic E-state index is -3.71. The lowest BCUT2D eigenvalue weighted by Crippen LogP contribution is -2.26. The van der Waals surface area contributed by atoms with Crippen molar-refractivity contribution in [3.63, 3.8) is 0 Å². The highest BCUT2D eigenvalue weighted by Gasteiger charge is 2.20. The van der Waals surface area contributed by atoms with Gasteiger partial charge in [0.1, 0.15) is 13.2 Å². The number of amides is 1. The Morgan fingerprint density at radius 3 is 2.56 bits per heavy atom. The summed E-state index contributed by atoms with van der Waals surface area (Å²) in [6.45, 7) is 1.22. The number of carbonyl (C=O) groups is 1. The van der Waals surface area contributed by atoms with Gasteiger partial charge in [-0.1, -0.05) is 12.1 Å². The van der Waals surface area contributed by atoms with E-state index in [1.807, 2.05) is 0 Å². The van der Waals surface area contributed by atoms with E-state index in [2.05, 4.69) is 5.32 Å². The van der Waals surface area contributed by atoms with E-state index in [1.54, 1.807) is 24.3 Å². The van der Waals surface area contributed by atoms with Gasteiger partial charge in [0.15, 0.2) is 11.5 Å². The zero-order valence-electron chi connectivity index (χ0n) is 14.7. The molecule has 8 nitrogen and oxygen atoms in total. The third-order valence-electron chi connectivity index (χ3n) is 4.04. The fourth-order valence-electron chi connectivity index (χ4n) is 2.67. The van der Waals surface area contributed by atoms with Crippen LogP contribution in [0.1, 0.15) is 15.9 Å². The van der Waals surface area contributed by atoms with Crippen LogP contribution in [0.4, 0.5) is 0 Å². The lowest BCUT2D eigenvalue weighted by Gasteiger charge is -2.21. The summed E-state index contributed by atoms with van der Waals surface area (Å²) >= 11 is 0. The molecule has 0 saturated carbocycles. The van der Waals surface area contributed by atoms with Crippen molar-refractivity contribution >= 4 is 15.9 Å². The molecule has 0 atom stereocenters. The quantitative estimate of drug-likeness (QED) is 0.760. The number of carbonyl (C=O) groups excluding carboxylic acids is 1. The van der Waals surface area contributed by atoms with Crippen molar-refractivity contribution in [1.29, 1.82) is 0 Å². The molecule has 0 spiro atoms. The molecular formula is C18H20N2O6S. The molecule has 1 aliphatic heterocycles. The second kappa shape index (κ2) is 7.85. The van der Waals surface area contributed by atoms with Gasteiger partial charge in [-0.15, -0.1) is 0 Å². The number of nitrogens with one attached hydrogen (secondary N) is 1. The molecular weight excluding hydrogens is 372 g/mol. The molecule has 3 N–H and O–H groups in total. The highest BCUT2D eigenvalue weighted by atomic mass is 32.2. The summed E-state index contributed by atoms with van der Waals surface area (Å²) in [6, 6.07) is 9.44. The number of fused-ring (bicyclic) bond motifs is 1. The van der Waals surface area contributed by atoms with Crippen molar-refractivity contribution in [1.82, 2.24) is 5.32 Å². The molecule has 9 heteroatoms. The third kappa shape index (κ3) is 4.50. The van der Waals surface area contributed by atoms with Crippen LogP contribution >= 0.6 is 0 Å². The zero-order valence-corrected chi connectivity index (χ0v) is 15.5. The summed E-state index contributed by atoms with van der Waals surface area (Å²) in [4.78, 5) is 12.5. The summed E-state index contributed by atoms with van der Waals surface area (Å²) in [5.41, 5.74) is 1.28. The predicted octanol–water partition coefficient (Wildman–Crippen LogP) is 1.09. The fraction of sp³-hybridized carbons (Fsp3) is 0.278. The summed E-state index contributed by atoms with van der Waals surface area (Å²) in [5, 5.41) is 7.89.